The Kier molecular flexibility index (Phi) is 37.7. The van der Waals surface area contributed by atoms with Gasteiger partial charge in [0.15, 0.2) is 0 Å². The first-order valence-corrected chi connectivity index (χ1v) is 11.3. The summed E-state index contributed by atoms with van der Waals surface area (Å²) in [6.45, 7) is 11.7. The summed E-state index contributed by atoms with van der Waals surface area (Å²) in [5, 5.41) is 0. The SMILES string of the molecule is C=CC[CH-]CCCC.C=CC[CH-]CCCC.OP(O)(=S)S.[Zn+2]. The molecule has 0 aliphatic rings. The monoisotopic (exact) mass is 416 g/mol. The Morgan fingerprint density at radius 3 is 1.45 bits per heavy atom. The molecule has 0 aliphatic heterocycles. The summed E-state index contributed by atoms with van der Waals surface area (Å²) < 4.78 is 0. The van der Waals surface area contributed by atoms with Crippen LogP contribution in [0.3, 0.4) is 0 Å². The normalized spacial score (nSPS) is 9.32. The van der Waals surface area contributed by atoms with Gasteiger partial charge in [-0.3, -0.25) is 0 Å². The fraction of sp³-hybridized carbons (Fsp3) is 0.625. The molecule has 0 amide bonds. The van der Waals surface area contributed by atoms with E-state index < -0.39 is 5.69 Å². The van der Waals surface area contributed by atoms with Crippen LogP contribution in [-0.2, 0) is 31.3 Å². The molecule has 128 valence electrons. The van der Waals surface area contributed by atoms with E-state index in [1.807, 2.05) is 12.2 Å². The maximum atomic E-state index is 7.87. The topological polar surface area (TPSA) is 40.5 Å². The van der Waals surface area contributed by atoms with Gasteiger partial charge in [-0.1, -0.05) is 51.8 Å². The fourth-order valence-corrected chi connectivity index (χ4v) is 1.17. The second kappa shape index (κ2) is 26.9. The van der Waals surface area contributed by atoms with E-state index in [4.69, 9.17) is 9.79 Å². The Labute approximate surface area is 162 Å². The number of hydrogen-bond acceptors (Lipinski definition) is 1. The quantitative estimate of drug-likeness (QED) is 0.101. The maximum Gasteiger partial charge on any atom is 2.00 e. The smallest absolute Gasteiger partial charge is 0.338 e. The standard InChI is InChI=1S/2C8H15.H3O2PS2.Zn/c2*1-3-5-7-8-6-4-2;1-3(2,4)5;/h2*3,7H,1,4-6,8H2,2H3;(H3,1,2,4,5);/q2*-1;;+2. The second-order valence-corrected chi connectivity index (χ2v) is 9.46. The Balaban J connectivity index is -0.000000111. The van der Waals surface area contributed by atoms with Crippen LogP contribution in [0.15, 0.2) is 25.3 Å². The van der Waals surface area contributed by atoms with E-state index in [2.05, 4.69) is 63.9 Å². The molecule has 0 aliphatic carbocycles. The number of unbranched alkanes of at least 4 members (excludes halogenated alkanes) is 8. The van der Waals surface area contributed by atoms with E-state index in [9.17, 15) is 0 Å². The summed E-state index contributed by atoms with van der Waals surface area (Å²) in [6, 6.07) is 0. The van der Waals surface area contributed by atoms with Gasteiger partial charge < -0.3 is 22.6 Å². The largest absolute Gasteiger partial charge is 2.00 e. The van der Waals surface area contributed by atoms with Crippen LogP contribution < -0.4 is 0 Å². The predicted molar refractivity (Wildman–Crippen MR) is 105 cm³/mol. The summed E-state index contributed by atoms with van der Waals surface area (Å²) in [5.41, 5.74) is -3.11. The Hall–Kier alpha value is 1.02. The van der Waals surface area contributed by atoms with Crippen molar-refractivity contribution < 1.29 is 29.3 Å². The van der Waals surface area contributed by atoms with Gasteiger partial charge in [0.05, 0.1) is 0 Å². The average Bonchev–Trinajstić information content (AvgIpc) is 2.39. The van der Waals surface area contributed by atoms with Crippen LogP contribution in [0.2, 0.25) is 0 Å². The van der Waals surface area contributed by atoms with Crippen molar-refractivity contribution in [2.45, 2.75) is 65.2 Å². The maximum absolute atomic E-state index is 7.87. The molecule has 0 saturated carbocycles. The Morgan fingerprint density at radius 1 is 1.00 bits per heavy atom. The zero-order chi connectivity index (χ0) is 17.0. The number of hydrogen-bond donors (Lipinski definition) is 3. The average molecular weight is 418 g/mol. The van der Waals surface area contributed by atoms with E-state index in [-0.39, 0.29) is 19.5 Å². The fourth-order valence-electron chi connectivity index (χ4n) is 1.17. The van der Waals surface area contributed by atoms with Gasteiger partial charge in [0.2, 0.25) is 5.69 Å². The van der Waals surface area contributed by atoms with Gasteiger partial charge in [-0.2, -0.15) is 25.7 Å². The van der Waals surface area contributed by atoms with Crippen molar-refractivity contribution in [1.29, 1.82) is 0 Å². The first-order valence-electron chi connectivity index (χ1n) is 7.46. The van der Waals surface area contributed by atoms with Gasteiger partial charge in [-0.25, -0.2) is 0 Å². The molecular weight excluding hydrogens is 385 g/mol. The molecule has 0 aromatic carbocycles. The van der Waals surface area contributed by atoms with Crippen molar-refractivity contribution in [3.05, 3.63) is 38.2 Å². The van der Waals surface area contributed by atoms with E-state index in [0.29, 0.717) is 0 Å². The van der Waals surface area contributed by atoms with Crippen LogP contribution in [0.1, 0.15) is 65.2 Å². The molecule has 0 unspecified atom stereocenters. The molecule has 0 bridgehead atoms. The molecule has 0 heterocycles. The van der Waals surface area contributed by atoms with E-state index in [1.165, 1.54) is 38.5 Å². The number of rotatable bonds is 10. The van der Waals surface area contributed by atoms with Gasteiger partial charge in [0.1, 0.15) is 0 Å². The van der Waals surface area contributed by atoms with Crippen LogP contribution >= 0.6 is 17.9 Å². The molecule has 0 aromatic rings. The minimum absolute atomic E-state index is 0. The summed E-state index contributed by atoms with van der Waals surface area (Å²) >= 11 is 7.07. The van der Waals surface area contributed by atoms with Gasteiger partial charge >= 0.3 is 19.5 Å². The molecule has 0 rings (SSSR count). The van der Waals surface area contributed by atoms with Crippen LogP contribution in [0.4, 0.5) is 0 Å². The van der Waals surface area contributed by atoms with Gasteiger partial charge in [0.25, 0.3) is 0 Å². The third-order valence-electron chi connectivity index (χ3n) is 2.19. The summed E-state index contributed by atoms with van der Waals surface area (Å²) in [5.74, 6) is 0. The van der Waals surface area contributed by atoms with E-state index in [0.717, 1.165) is 12.8 Å². The van der Waals surface area contributed by atoms with Crippen LogP contribution in [0.25, 0.3) is 0 Å². The first kappa shape index (κ1) is 30.9. The number of allylic oxidation sites excluding steroid dienone is 2. The van der Waals surface area contributed by atoms with Gasteiger partial charge in [-0.15, -0.1) is 25.3 Å². The Morgan fingerprint density at radius 2 is 1.27 bits per heavy atom. The summed E-state index contributed by atoms with van der Waals surface area (Å²) in [4.78, 5) is 15.7. The van der Waals surface area contributed by atoms with Crippen molar-refractivity contribution in [3.63, 3.8) is 0 Å². The zero-order valence-corrected chi connectivity index (χ0v) is 19.9. The molecule has 0 spiro atoms. The zero-order valence-electron chi connectivity index (χ0n) is 14.3. The van der Waals surface area contributed by atoms with Crippen molar-refractivity contribution >= 4 is 29.7 Å². The van der Waals surface area contributed by atoms with E-state index in [1.54, 1.807) is 0 Å². The second-order valence-electron chi connectivity index (χ2n) is 4.42. The molecule has 22 heavy (non-hydrogen) atoms. The van der Waals surface area contributed by atoms with E-state index >= 15 is 0 Å². The molecule has 0 fully saturated rings. The van der Waals surface area contributed by atoms with Crippen molar-refractivity contribution in [1.82, 2.24) is 0 Å². The minimum Gasteiger partial charge on any atom is -0.338 e. The van der Waals surface area contributed by atoms with Crippen LogP contribution in [0, 0.1) is 12.8 Å². The van der Waals surface area contributed by atoms with Crippen molar-refractivity contribution in [2.24, 2.45) is 0 Å². The molecule has 0 saturated heterocycles. The third kappa shape index (κ3) is 69.4. The minimum atomic E-state index is -3.11. The first-order chi connectivity index (χ1) is 9.83. The molecule has 6 heteroatoms. The summed E-state index contributed by atoms with van der Waals surface area (Å²) in [6.07, 6.45) is 18.3. The van der Waals surface area contributed by atoms with Gasteiger partial charge in [-0.05, 0) is 11.8 Å². The van der Waals surface area contributed by atoms with Crippen LogP contribution in [-0.4, -0.2) is 9.79 Å². The molecule has 2 nitrogen and oxygen atoms in total. The van der Waals surface area contributed by atoms with Crippen molar-refractivity contribution in [2.75, 3.05) is 0 Å². The van der Waals surface area contributed by atoms with Crippen LogP contribution in [0.5, 0.6) is 0 Å². The molecular formula is C16H33O2PS2Zn. The third-order valence-corrected chi connectivity index (χ3v) is 2.19. The molecule has 0 atom stereocenters. The molecule has 2 N–H and O–H groups in total. The molecule has 0 aromatic heterocycles. The molecule has 0 radical (unpaired) electrons. The Bertz CT molecular complexity index is 234. The van der Waals surface area contributed by atoms with Crippen molar-refractivity contribution in [3.8, 4) is 0 Å². The predicted octanol–water partition coefficient (Wildman–Crippen LogP) is 6.04. The summed E-state index contributed by atoms with van der Waals surface area (Å²) in [7, 11) is 0. The number of thiol groups is 1. The van der Waals surface area contributed by atoms with Gasteiger partial charge in [0, 0.05) is 0 Å².